The first-order valence-corrected chi connectivity index (χ1v) is 45.8. The number of hydrogen-bond donors (Lipinski definition) is 0. The minimum absolute atomic E-state index is 0. The third-order valence-corrected chi connectivity index (χ3v) is 29.5. The van der Waals surface area contributed by atoms with Crippen molar-refractivity contribution in [2.45, 2.75) is 106 Å². The van der Waals surface area contributed by atoms with Crippen LogP contribution in [0.25, 0.3) is 0 Å². The van der Waals surface area contributed by atoms with E-state index in [0.29, 0.717) is 19.3 Å². The minimum atomic E-state index is -1.51. The Bertz CT molecular complexity index is 5680. The molecule has 638 valence electrons. The molecule has 18 aromatic rings. The SMILES string of the molecule is [Na+].[Ni+2].[O-]C1(c2ccccc2)CCC(c2ccccc2)C(c2ccccc2)(c2ccccc2)C1(c1ccccc1)c1ccccc1.[O-]C1(c2ccccc2)CCC(c2ccccc2)C(c2ccccc2)(c2ccccc2)C1(c1ccccc1)c1ccccc1.[O-]C1(c2ccccc2)CCC(c2ccccc2)C(c2ccccc2)(c2ccccc2)C1(c1ccccc1)c1ccccc1. The summed E-state index contributed by atoms with van der Waals surface area (Å²) < 4.78 is 0. The van der Waals surface area contributed by atoms with Crippen molar-refractivity contribution >= 4 is 0 Å². The van der Waals surface area contributed by atoms with E-state index < -0.39 is 49.3 Å². The Balaban J connectivity index is 0.000000136. The summed E-state index contributed by atoms with van der Waals surface area (Å²) in [5, 5.41) is 50.2. The average molecular weight is 1750 g/mol. The third kappa shape index (κ3) is 14.9. The molecule has 0 aromatic heterocycles. The first-order chi connectivity index (χ1) is 63.7. The van der Waals surface area contributed by atoms with E-state index in [1.165, 1.54) is 16.7 Å². The third-order valence-electron chi connectivity index (χ3n) is 29.5. The first kappa shape index (κ1) is 90.3. The normalized spacial score (nSPS) is 20.4. The van der Waals surface area contributed by atoms with Crippen LogP contribution in [0.5, 0.6) is 0 Å². The van der Waals surface area contributed by atoms with Crippen molar-refractivity contribution in [3.05, 3.63) is 646 Å². The van der Waals surface area contributed by atoms with Crippen LogP contribution in [0.2, 0.25) is 0 Å². The fourth-order valence-corrected chi connectivity index (χ4v) is 25.1. The van der Waals surface area contributed by atoms with Gasteiger partial charge < -0.3 is 15.3 Å². The molecule has 0 aliphatic heterocycles. The van der Waals surface area contributed by atoms with Crippen LogP contribution in [0.4, 0.5) is 0 Å². The Morgan fingerprint density at radius 2 is 0.252 bits per heavy atom. The first-order valence-electron chi connectivity index (χ1n) is 45.8. The maximum atomic E-state index is 16.7. The van der Waals surface area contributed by atoms with E-state index in [4.69, 9.17) is 0 Å². The monoisotopic (exact) mass is 1750 g/mol. The van der Waals surface area contributed by atoms with Crippen LogP contribution in [0.3, 0.4) is 0 Å². The molecule has 3 saturated carbocycles. The molecule has 6 unspecified atom stereocenters. The van der Waals surface area contributed by atoms with E-state index in [1.54, 1.807) is 0 Å². The van der Waals surface area contributed by atoms with Crippen molar-refractivity contribution in [1.82, 2.24) is 0 Å². The molecule has 5 heteroatoms. The van der Waals surface area contributed by atoms with Crippen molar-refractivity contribution in [1.29, 1.82) is 0 Å². The fourth-order valence-electron chi connectivity index (χ4n) is 25.1. The standard InChI is InChI=1S/3C42H35O.Na.Ni/c3*43-40(34-21-9-2-10-22-34)32-31-39(33-19-7-1-8-20-33)41(35-23-11-3-12-24-35,36-25-13-4-14-26-36)42(40,37-27-15-5-16-28-37)38-29-17-6-18-30-38;;/h3*1-30,39H,31-32H2;;/q3*-1;+1;+2. The van der Waals surface area contributed by atoms with Gasteiger partial charge in [-0.2, -0.15) is 0 Å². The maximum Gasteiger partial charge on any atom is 2.00 e. The molecule has 0 amide bonds. The zero-order valence-corrected chi connectivity index (χ0v) is 77.0. The molecule has 0 bridgehead atoms. The average Bonchev–Trinajstić information content (AvgIpc) is 0.668. The number of benzene rings is 18. The van der Waals surface area contributed by atoms with E-state index in [1.807, 2.05) is 54.6 Å². The van der Waals surface area contributed by atoms with Crippen LogP contribution >= 0.6 is 0 Å². The molecular weight excluding hydrogens is 1640 g/mol. The molecule has 0 spiro atoms. The van der Waals surface area contributed by atoms with Gasteiger partial charge in [-0.05, 0) is 120 Å². The second-order valence-corrected chi connectivity index (χ2v) is 35.2. The zero-order chi connectivity index (χ0) is 87.5. The Kier molecular flexibility index (Phi) is 27.3. The predicted molar refractivity (Wildman–Crippen MR) is 522 cm³/mol. The van der Waals surface area contributed by atoms with E-state index in [-0.39, 0.29) is 63.8 Å². The van der Waals surface area contributed by atoms with E-state index in [2.05, 4.69) is 491 Å². The van der Waals surface area contributed by atoms with Crippen LogP contribution in [0.15, 0.2) is 546 Å². The molecule has 131 heavy (non-hydrogen) atoms. The van der Waals surface area contributed by atoms with Crippen molar-refractivity contribution < 1.29 is 61.4 Å². The summed E-state index contributed by atoms with van der Waals surface area (Å²) in [4.78, 5) is 0. The Labute approximate surface area is 806 Å². The molecule has 3 aliphatic carbocycles. The minimum Gasteiger partial charge on any atom is -0.845 e. The molecular formula is C126H105NaNiO3. The van der Waals surface area contributed by atoms with Crippen molar-refractivity contribution in [3.8, 4) is 0 Å². The maximum absolute atomic E-state index is 16.7. The second-order valence-electron chi connectivity index (χ2n) is 35.2. The quantitative estimate of drug-likeness (QED) is 0.0804. The van der Waals surface area contributed by atoms with Crippen LogP contribution in [0.1, 0.15) is 156 Å². The van der Waals surface area contributed by atoms with E-state index in [9.17, 15) is 0 Å². The van der Waals surface area contributed by atoms with Crippen LogP contribution < -0.4 is 44.9 Å². The smallest absolute Gasteiger partial charge is 0.845 e. The van der Waals surface area contributed by atoms with Gasteiger partial charge in [0.15, 0.2) is 0 Å². The Morgan fingerprint density at radius 1 is 0.145 bits per heavy atom. The van der Waals surface area contributed by atoms with Crippen LogP contribution in [0, 0.1) is 0 Å². The fraction of sp³-hybridized carbons (Fsp3) is 0.143. The largest absolute Gasteiger partial charge is 2.00 e. The summed E-state index contributed by atoms with van der Waals surface area (Å²) in [5.74, 6) is 0.0547. The predicted octanol–water partition coefficient (Wildman–Crippen LogP) is 23.4. The van der Waals surface area contributed by atoms with Gasteiger partial charge in [-0.3, -0.25) is 0 Å². The second kappa shape index (κ2) is 39.6. The van der Waals surface area contributed by atoms with Gasteiger partial charge in [-0.15, -0.1) is 0 Å². The van der Waals surface area contributed by atoms with E-state index in [0.717, 1.165) is 103 Å². The summed E-state index contributed by atoms with van der Waals surface area (Å²) in [6.45, 7) is 0. The van der Waals surface area contributed by atoms with Gasteiger partial charge in [0.05, 0.1) is 0 Å². The molecule has 0 saturated heterocycles. The Morgan fingerprint density at radius 3 is 0.382 bits per heavy atom. The van der Waals surface area contributed by atoms with Gasteiger partial charge in [0, 0.05) is 32.5 Å². The van der Waals surface area contributed by atoms with Gasteiger partial charge >= 0.3 is 46.0 Å². The summed E-state index contributed by atoms with van der Waals surface area (Å²) in [5.41, 5.74) is 9.42. The van der Waals surface area contributed by atoms with Crippen LogP contribution in [-0.4, -0.2) is 0 Å². The van der Waals surface area contributed by atoms with Gasteiger partial charge in [0.1, 0.15) is 0 Å². The van der Waals surface area contributed by atoms with Crippen LogP contribution in [-0.2, 0) is 65.8 Å². The number of hydrogen-bond acceptors (Lipinski definition) is 3. The van der Waals surface area contributed by atoms with Crippen molar-refractivity contribution in [2.75, 3.05) is 0 Å². The summed E-state index contributed by atoms with van der Waals surface area (Å²) in [6, 6.07) is 192. The molecule has 21 rings (SSSR count). The summed E-state index contributed by atoms with van der Waals surface area (Å²) >= 11 is 0. The van der Waals surface area contributed by atoms with Crippen molar-refractivity contribution in [3.63, 3.8) is 0 Å². The topological polar surface area (TPSA) is 69.2 Å². The molecule has 18 aromatic carbocycles. The molecule has 0 heterocycles. The Hall–Kier alpha value is -12.7. The molecule has 3 aliphatic rings. The molecule has 3 nitrogen and oxygen atoms in total. The molecule has 0 N–H and O–H groups in total. The van der Waals surface area contributed by atoms with Gasteiger partial charge in [-0.1, -0.05) is 599 Å². The molecule has 0 radical (unpaired) electrons. The molecule has 6 atom stereocenters. The summed E-state index contributed by atoms with van der Waals surface area (Å²) in [6.07, 6.45) is 3.69. The van der Waals surface area contributed by atoms with Crippen molar-refractivity contribution in [2.24, 2.45) is 0 Å². The summed E-state index contributed by atoms with van der Waals surface area (Å²) in [7, 11) is 0. The zero-order valence-electron chi connectivity index (χ0n) is 74.0. The van der Waals surface area contributed by atoms with Gasteiger partial charge in [-0.25, -0.2) is 0 Å². The van der Waals surface area contributed by atoms with E-state index >= 15 is 15.3 Å². The molecule has 3 fully saturated rings. The number of rotatable bonds is 18. The van der Waals surface area contributed by atoms with Gasteiger partial charge in [0.25, 0.3) is 0 Å². The van der Waals surface area contributed by atoms with Gasteiger partial charge in [0.2, 0.25) is 0 Å².